The quantitative estimate of drug-likeness (QED) is 0.140. The van der Waals surface area contributed by atoms with Crippen molar-refractivity contribution in [3.63, 3.8) is 0 Å². The summed E-state index contributed by atoms with van der Waals surface area (Å²) in [6, 6.07) is 14.4. The fraction of sp³-hybridized carbons (Fsp3) is 0.478. The SMILES string of the molecule is CCCc1cc(C)c(-c2cc(F)c(F)c(F)c2)c(F)c1.Cc1c(C)c(C2CCC(C)CC2)c(C)c(C)c1-c1ccc(C2CCC(C)CC2)cc1. The van der Waals surface area contributed by atoms with E-state index < -0.39 is 23.3 Å². The molecule has 0 aromatic heterocycles. The molecule has 6 rings (SSSR count). The highest BCUT2D eigenvalue weighted by Crippen LogP contribution is 2.44. The van der Waals surface area contributed by atoms with Crippen molar-refractivity contribution in [2.24, 2.45) is 11.8 Å². The molecule has 2 aliphatic rings. The molecule has 50 heavy (non-hydrogen) atoms. The van der Waals surface area contributed by atoms with Crippen LogP contribution in [0, 0.1) is 69.7 Å². The molecule has 0 bridgehead atoms. The van der Waals surface area contributed by atoms with Gasteiger partial charge in [0.15, 0.2) is 17.5 Å². The van der Waals surface area contributed by atoms with Gasteiger partial charge in [0.05, 0.1) is 0 Å². The molecule has 4 aromatic rings. The van der Waals surface area contributed by atoms with Crippen molar-refractivity contribution >= 4 is 0 Å². The average molecular weight is 685 g/mol. The highest BCUT2D eigenvalue weighted by atomic mass is 19.2. The van der Waals surface area contributed by atoms with E-state index in [0.29, 0.717) is 5.56 Å². The van der Waals surface area contributed by atoms with Crippen molar-refractivity contribution < 1.29 is 17.6 Å². The van der Waals surface area contributed by atoms with Crippen LogP contribution in [0.25, 0.3) is 22.3 Å². The molecule has 2 fully saturated rings. The van der Waals surface area contributed by atoms with Gasteiger partial charge in [-0.3, -0.25) is 0 Å². The third-order valence-corrected chi connectivity index (χ3v) is 12.0. The van der Waals surface area contributed by atoms with Gasteiger partial charge in [-0.2, -0.15) is 0 Å². The van der Waals surface area contributed by atoms with E-state index in [9.17, 15) is 17.6 Å². The molecule has 0 atom stereocenters. The number of rotatable bonds is 6. The third kappa shape index (κ3) is 8.21. The van der Waals surface area contributed by atoms with Gasteiger partial charge in [-0.25, -0.2) is 17.6 Å². The van der Waals surface area contributed by atoms with Crippen molar-refractivity contribution in [1.82, 2.24) is 0 Å². The van der Waals surface area contributed by atoms with Gasteiger partial charge in [0.2, 0.25) is 0 Å². The summed E-state index contributed by atoms with van der Waals surface area (Å²) >= 11 is 0. The summed E-state index contributed by atoms with van der Waals surface area (Å²) < 4.78 is 53.6. The maximum atomic E-state index is 14.1. The minimum atomic E-state index is -1.55. The number of hydrogen-bond acceptors (Lipinski definition) is 0. The van der Waals surface area contributed by atoms with Crippen LogP contribution < -0.4 is 0 Å². The molecule has 0 heterocycles. The summed E-state index contributed by atoms with van der Waals surface area (Å²) in [6.07, 6.45) is 12.6. The van der Waals surface area contributed by atoms with Crippen LogP contribution in [0.4, 0.5) is 17.6 Å². The van der Waals surface area contributed by atoms with E-state index in [0.717, 1.165) is 54.2 Å². The number of benzene rings is 4. The van der Waals surface area contributed by atoms with E-state index in [-0.39, 0.29) is 11.1 Å². The Kier molecular flexibility index (Phi) is 12.3. The standard InChI is InChI=1S/C30H42.C16H14F4/c1-19-7-11-25(12-8-19)26-15-17-28(18-16-26)30-23(5)21(3)29(22(4)24(30)6)27-13-9-20(2)10-14-27;1-3-4-10-5-9(2)15(12(17)6-10)11-7-13(18)16(20)14(19)8-11/h15-20,25,27H,7-14H2,1-6H3;5-8H,3-4H2,1-2H3. The van der Waals surface area contributed by atoms with Crippen molar-refractivity contribution in [3.05, 3.63) is 116 Å². The van der Waals surface area contributed by atoms with Crippen LogP contribution in [0.15, 0.2) is 48.5 Å². The van der Waals surface area contributed by atoms with Gasteiger partial charge in [0, 0.05) is 5.56 Å². The second-order valence-electron chi connectivity index (χ2n) is 15.6. The van der Waals surface area contributed by atoms with Crippen molar-refractivity contribution in [2.45, 2.75) is 131 Å². The smallest absolute Gasteiger partial charge is 0.194 e. The Labute approximate surface area is 298 Å². The lowest BCUT2D eigenvalue weighted by Crippen LogP contribution is -2.15. The Bertz CT molecular complexity index is 1710. The molecule has 0 saturated heterocycles. The van der Waals surface area contributed by atoms with Crippen LogP contribution in [0.5, 0.6) is 0 Å². The van der Waals surface area contributed by atoms with E-state index in [4.69, 9.17) is 0 Å². The second kappa shape index (κ2) is 16.3. The summed E-state index contributed by atoms with van der Waals surface area (Å²) in [5.41, 5.74) is 13.7. The predicted octanol–water partition coefficient (Wildman–Crippen LogP) is 14.3. The van der Waals surface area contributed by atoms with Gasteiger partial charge < -0.3 is 0 Å². The molecule has 0 nitrogen and oxygen atoms in total. The molecule has 0 radical (unpaired) electrons. The van der Waals surface area contributed by atoms with E-state index in [2.05, 4.69) is 65.8 Å². The fourth-order valence-corrected chi connectivity index (χ4v) is 8.76. The van der Waals surface area contributed by atoms with Gasteiger partial charge in [0.1, 0.15) is 5.82 Å². The summed E-state index contributed by atoms with van der Waals surface area (Å²) in [4.78, 5) is 0. The molecule has 0 unspecified atom stereocenters. The zero-order valence-electron chi connectivity index (χ0n) is 31.5. The van der Waals surface area contributed by atoms with Crippen molar-refractivity contribution in [2.75, 3.05) is 0 Å². The molecule has 4 heteroatoms. The van der Waals surface area contributed by atoms with E-state index in [1.54, 1.807) is 35.2 Å². The third-order valence-electron chi connectivity index (χ3n) is 12.0. The highest BCUT2D eigenvalue weighted by Gasteiger charge is 2.26. The van der Waals surface area contributed by atoms with Crippen LogP contribution in [-0.2, 0) is 6.42 Å². The highest BCUT2D eigenvalue weighted by molar-refractivity contribution is 5.75. The fourth-order valence-electron chi connectivity index (χ4n) is 8.76. The second-order valence-corrected chi connectivity index (χ2v) is 15.6. The summed E-state index contributed by atoms with van der Waals surface area (Å²) in [5, 5.41) is 0. The largest absolute Gasteiger partial charge is 0.206 e. The van der Waals surface area contributed by atoms with Gasteiger partial charge >= 0.3 is 0 Å². The molecule has 0 amide bonds. The molecular weight excluding hydrogens is 628 g/mol. The first-order chi connectivity index (χ1) is 23.8. The zero-order valence-corrected chi connectivity index (χ0v) is 31.5. The molecule has 0 aliphatic heterocycles. The number of halogens is 4. The first kappa shape index (κ1) is 37.8. The predicted molar refractivity (Wildman–Crippen MR) is 202 cm³/mol. The van der Waals surface area contributed by atoms with Gasteiger partial charge in [-0.05, 0) is 170 Å². The summed E-state index contributed by atoms with van der Waals surface area (Å²) in [5.74, 6) is -1.38. The van der Waals surface area contributed by atoms with E-state index in [1.807, 2.05) is 6.92 Å². The minimum Gasteiger partial charge on any atom is -0.206 e. The Hall–Kier alpha value is -3.40. The lowest BCUT2D eigenvalue weighted by Gasteiger charge is -2.31. The first-order valence-corrected chi connectivity index (χ1v) is 18.9. The van der Waals surface area contributed by atoms with Crippen molar-refractivity contribution in [1.29, 1.82) is 0 Å². The van der Waals surface area contributed by atoms with Gasteiger partial charge in [-0.1, -0.05) is 83.2 Å². The Morgan fingerprint density at radius 3 is 1.52 bits per heavy atom. The summed E-state index contributed by atoms with van der Waals surface area (Å²) in [6.45, 7) is 18.0. The lowest BCUT2D eigenvalue weighted by atomic mass is 9.74. The normalized spacial score (nSPS) is 20.7. The Morgan fingerprint density at radius 2 is 1.04 bits per heavy atom. The summed E-state index contributed by atoms with van der Waals surface area (Å²) in [7, 11) is 0. The molecule has 2 aliphatic carbocycles. The van der Waals surface area contributed by atoms with Crippen LogP contribution in [0.2, 0.25) is 0 Å². The van der Waals surface area contributed by atoms with E-state index in [1.165, 1.54) is 79.7 Å². The van der Waals surface area contributed by atoms with Crippen LogP contribution >= 0.6 is 0 Å². The van der Waals surface area contributed by atoms with Crippen LogP contribution in [0.1, 0.15) is 135 Å². The molecule has 4 aromatic carbocycles. The number of hydrogen-bond donors (Lipinski definition) is 0. The van der Waals surface area contributed by atoms with Crippen molar-refractivity contribution in [3.8, 4) is 22.3 Å². The van der Waals surface area contributed by atoms with Gasteiger partial charge in [-0.15, -0.1) is 0 Å². The van der Waals surface area contributed by atoms with Crippen LogP contribution in [-0.4, -0.2) is 0 Å². The average Bonchev–Trinajstić information content (AvgIpc) is 3.08. The topological polar surface area (TPSA) is 0 Å². The maximum absolute atomic E-state index is 14.1. The number of aryl methyl sites for hydroxylation is 2. The van der Waals surface area contributed by atoms with Crippen LogP contribution in [0.3, 0.4) is 0 Å². The molecule has 2 saturated carbocycles. The maximum Gasteiger partial charge on any atom is 0.194 e. The Balaban J connectivity index is 0.000000211. The molecule has 0 spiro atoms. The Morgan fingerprint density at radius 1 is 0.540 bits per heavy atom. The minimum absolute atomic E-state index is 0.000511. The zero-order chi connectivity index (χ0) is 36.3. The lowest BCUT2D eigenvalue weighted by molar-refractivity contribution is 0.346. The first-order valence-electron chi connectivity index (χ1n) is 18.9. The molecular formula is C46H56F4. The molecule has 0 N–H and O–H groups in total. The monoisotopic (exact) mass is 684 g/mol. The van der Waals surface area contributed by atoms with Gasteiger partial charge in [0.25, 0.3) is 0 Å². The van der Waals surface area contributed by atoms with E-state index >= 15 is 0 Å². The molecule has 268 valence electrons.